The van der Waals surface area contributed by atoms with Crippen LogP contribution in [0, 0.1) is 5.82 Å². The number of nitrogens with zero attached hydrogens (tertiary/aromatic N) is 3. The number of ketones is 1. The molecule has 1 atom stereocenters. The maximum Gasteiger partial charge on any atom is 0.227 e. The number of benzene rings is 2. The molecule has 0 saturated heterocycles. The third-order valence-corrected chi connectivity index (χ3v) is 6.89. The van der Waals surface area contributed by atoms with E-state index in [0.29, 0.717) is 28.3 Å². The number of anilines is 1. The standard InChI is InChI=1S/C23H20ClFN4O2S/c1-31-16-9-6-13(7-10-16)21-20-18(3-2-4-19(20)30)26-22-27-23(28-29(21)22)32-12-14-5-8-15(25)11-17(14)24/h5-11,21H,2-4,12H2,1H3,(H,26,27,28)/t21-/m0/s1. The lowest BCUT2D eigenvalue weighted by molar-refractivity contribution is -0.116. The summed E-state index contributed by atoms with van der Waals surface area (Å²) in [4.78, 5) is 17.5. The minimum atomic E-state index is -0.368. The number of halogens is 2. The van der Waals surface area contributed by atoms with Crippen molar-refractivity contribution in [3.63, 3.8) is 0 Å². The Kier molecular flexibility index (Phi) is 5.65. The van der Waals surface area contributed by atoms with E-state index in [4.69, 9.17) is 21.4 Å². The molecule has 32 heavy (non-hydrogen) atoms. The predicted octanol–water partition coefficient (Wildman–Crippen LogP) is 5.39. The summed E-state index contributed by atoms with van der Waals surface area (Å²) in [7, 11) is 1.62. The highest BCUT2D eigenvalue weighted by Gasteiger charge is 2.36. The molecule has 5 rings (SSSR count). The van der Waals surface area contributed by atoms with Crippen LogP contribution in [0.4, 0.5) is 10.3 Å². The van der Waals surface area contributed by atoms with Gasteiger partial charge in [0.2, 0.25) is 11.1 Å². The van der Waals surface area contributed by atoms with Gasteiger partial charge >= 0.3 is 0 Å². The highest BCUT2D eigenvalue weighted by molar-refractivity contribution is 7.98. The Morgan fingerprint density at radius 2 is 2.06 bits per heavy atom. The van der Waals surface area contributed by atoms with Crippen LogP contribution in [0.3, 0.4) is 0 Å². The molecule has 0 radical (unpaired) electrons. The lowest BCUT2D eigenvalue weighted by Gasteiger charge is -2.32. The van der Waals surface area contributed by atoms with E-state index in [2.05, 4.69) is 10.3 Å². The van der Waals surface area contributed by atoms with Crippen molar-refractivity contribution in [2.75, 3.05) is 12.4 Å². The van der Waals surface area contributed by atoms with Crippen LogP contribution in [-0.2, 0) is 10.5 Å². The first-order valence-corrected chi connectivity index (χ1v) is 11.6. The van der Waals surface area contributed by atoms with E-state index in [1.165, 1.54) is 23.9 Å². The Labute approximate surface area is 193 Å². The van der Waals surface area contributed by atoms with Gasteiger partial charge in [0.05, 0.1) is 7.11 Å². The van der Waals surface area contributed by atoms with E-state index in [9.17, 15) is 9.18 Å². The molecule has 164 valence electrons. The zero-order valence-corrected chi connectivity index (χ0v) is 18.8. The molecule has 0 spiro atoms. The van der Waals surface area contributed by atoms with Gasteiger partial charge in [-0.3, -0.25) is 4.79 Å². The van der Waals surface area contributed by atoms with Crippen molar-refractivity contribution in [2.24, 2.45) is 0 Å². The number of ether oxygens (including phenoxy) is 1. The van der Waals surface area contributed by atoms with E-state index in [1.807, 2.05) is 24.3 Å². The summed E-state index contributed by atoms with van der Waals surface area (Å²) < 4.78 is 20.4. The molecule has 0 amide bonds. The first-order chi connectivity index (χ1) is 15.5. The first kappa shape index (κ1) is 21.0. The second-order valence-electron chi connectivity index (χ2n) is 7.66. The van der Waals surface area contributed by atoms with Crippen LogP contribution in [-0.4, -0.2) is 27.7 Å². The number of hydrogen-bond donors (Lipinski definition) is 1. The topological polar surface area (TPSA) is 69.0 Å². The van der Waals surface area contributed by atoms with Crippen LogP contribution in [0.5, 0.6) is 5.75 Å². The van der Waals surface area contributed by atoms with E-state index < -0.39 is 0 Å². The van der Waals surface area contributed by atoms with Crippen LogP contribution in [0.25, 0.3) is 0 Å². The molecule has 0 bridgehead atoms. The van der Waals surface area contributed by atoms with Gasteiger partial charge in [-0.05, 0) is 48.2 Å². The molecule has 3 aromatic rings. The molecule has 1 aliphatic carbocycles. The fraction of sp³-hybridized carbons (Fsp3) is 0.261. The molecule has 2 heterocycles. The molecular weight excluding hydrogens is 451 g/mol. The second-order valence-corrected chi connectivity index (χ2v) is 9.01. The van der Waals surface area contributed by atoms with Gasteiger partial charge in [0.15, 0.2) is 5.78 Å². The minimum Gasteiger partial charge on any atom is -0.497 e. The van der Waals surface area contributed by atoms with Crippen LogP contribution in [0.15, 0.2) is 58.9 Å². The molecular formula is C23H20ClFN4O2S. The van der Waals surface area contributed by atoms with Crippen molar-refractivity contribution < 1.29 is 13.9 Å². The smallest absolute Gasteiger partial charge is 0.227 e. The van der Waals surface area contributed by atoms with Gasteiger partial charge in [0.25, 0.3) is 0 Å². The van der Waals surface area contributed by atoms with Crippen molar-refractivity contribution in [1.29, 1.82) is 0 Å². The van der Waals surface area contributed by atoms with Gasteiger partial charge in [-0.2, -0.15) is 4.98 Å². The normalized spacial score (nSPS) is 17.6. The number of carbonyl (C=O) groups is 1. The first-order valence-electron chi connectivity index (χ1n) is 10.2. The van der Waals surface area contributed by atoms with E-state index in [-0.39, 0.29) is 17.6 Å². The van der Waals surface area contributed by atoms with E-state index in [0.717, 1.165) is 41.0 Å². The molecule has 2 aromatic carbocycles. The molecule has 1 N–H and O–H groups in total. The Balaban J connectivity index is 1.49. The third-order valence-electron chi connectivity index (χ3n) is 5.65. The summed E-state index contributed by atoms with van der Waals surface area (Å²) in [5, 5.41) is 8.96. The highest BCUT2D eigenvalue weighted by Crippen LogP contribution is 2.41. The van der Waals surface area contributed by atoms with Crippen molar-refractivity contribution in [2.45, 2.75) is 36.2 Å². The third kappa shape index (κ3) is 3.89. The van der Waals surface area contributed by atoms with Gasteiger partial charge in [-0.25, -0.2) is 9.07 Å². The van der Waals surface area contributed by atoms with Crippen molar-refractivity contribution >= 4 is 35.1 Å². The van der Waals surface area contributed by atoms with Crippen molar-refractivity contribution in [3.8, 4) is 5.75 Å². The number of rotatable bonds is 5. The lowest BCUT2D eigenvalue weighted by Crippen LogP contribution is -2.31. The van der Waals surface area contributed by atoms with Gasteiger partial charge < -0.3 is 10.1 Å². The number of Topliss-reactive ketones (excluding diaryl/α,β-unsaturated/α-hetero) is 1. The molecule has 0 fully saturated rings. The Bertz CT molecular complexity index is 1230. The summed E-state index contributed by atoms with van der Waals surface area (Å²) in [5.41, 5.74) is 3.41. The largest absolute Gasteiger partial charge is 0.497 e. The van der Waals surface area contributed by atoms with Crippen LogP contribution in [0.1, 0.15) is 36.4 Å². The Hall–Kier alpha value is -2.84. The quantitative estimate of drug-likeness (QED) is 0.504. The number of carbonyl (C=O) groups excluding carboxylic acids is 1. The zero-order valence-electron chi connectivity index (χ0n) is 17.3. The number of methoxy groups -OCH3 is 1. The predicted molar refractivity (Wildman–Crippen MR) is 122 cm³/mol. The number of allylic oxidation sites excluding steroid dienone is 2. The van der Waals surface area contributed by atoms with Gasteiger partial charge in [-0.1, -0.05) is 41.6 Å². The summed E-state index contributed by atoms with van der Waals surface area (Å²) in [6, 6.07) is 11.7. The maximum absolute atomic E-state index is 13.3. The second kappa shape index (κ2) is 8.60. The average Bonchev–Trinajstić information content (AvgIpc) is 3.20. The molecule has 2 aliphatic rings. The number of hydrogen-bond acceptors (Lipinski definition) is 6. The van der Waals surface area contributed by atoms with E-state index in [1.54, 1.807) is 17.9 Å². The number of aromatic nitrogens is 3. The number of thioether (sulfide) groups is 1. The molecule has 0 saturated carbocycles. The SMILES string of the molecule is COc1ccc([C@H]2C3=C(CCCC3=O)Nc3nc(SCc4ccc(F)cc4Cl)nn32)cc1. The maximum atomic E-state index is 13.3. The highest BCUT2D eigenvalue weighted by atomic mass is 35.5. The minimum absolute atomic E-state index is 0.132. The summed E-state index contributed by atoms with van der Waals surface area (Å²) >= 11 is 7.57. The Morgan fingerprint density at radius 3 is 2.81 bits per heavy atom. The number of fused-ring (bicyclic) bond motifs is 1. The van der Waals surface area contributed by atoms with Gasteiger partial charge in [0.1, 0.15) is 17.6 Å². The van der Waals surface area contributed by atoms with Gasteiger partial charge in [0, 0.05) is 28.5 Å². The molecule has 6 nitrogen and oxygen atoms in total. The van der Waals surface area contributed by atoms with Crippen molar-refractivity contribution in [3.05, 3.63) is 75.7 Å². The summed E-state index contributed by atoms with van der Waals surface area (Å²) in [5.74, 6) is 1.62. The monoisotopic (exact) mass is 470 g/mol. The Morgan fingerprint density at radius 1 is 1.25 bits per heavy atom. The molecule has 1 aliphatic heterocycles. The van der Waals surface area contributed by atoms with Crippen LogP contribution < -0.4 is 10.1 Å². The average molecular weight is 471 g/mol. The fourth-order valence-electron chi connectivity index (χ4n) is 4.07. The van der Waals surface area contributed by atoms with E-state index >= 15 is 0 Å². The molecule has 0 unspecified atom stereocenters. The van der Waals surface area contributed by atoms with Crippen LogP contribution >= 0.6 is 23.4 Å². The molecule has 1 aromatic heterocycles. The van der Waals surface area contributed by atoms with Crippen molar-refractivity contribution in [1.82, 2.24) is 14.8 Å². The summed E-state index contributed by atoms with van der Waals surface area (Å²) in [6.45, 7) is 0. The summed E-state index contributed by atoms with van der Waals surface area (Å²) in [6.07, 6.45) is 2.15. The zero-order chi connectivity index (χ0) is 22.2. The van der Waals surface area contributed by atoms with Crippen LogP contribution in [0.2, 0.25) is 5.02 Å². The lowest BCUT2D eigenvalue weighted by atomic mass is 9.85. The number of nitrogens with one attached hydrogen (secondary N) is 1. The molecule has 9 heteroatoms. The fourth-order valence-corrected chi connectivity index (χ4v) is 5.22. The van der Waals surface area contributed by atoms with Gasteiger partial charge in [-0.15, -0.1) is 5.10 Å².